The zero-order valence-corrected chi connectivity index (χ0v) is 11.2. The lowest BCUT2D eigenvalue weighted by atomic mass is 10.3. The smallest absolute Gasteiger partial charge is 0.406 e. The molecule has 2 aromatic rings. The van der Waals surface area contributed by atoms with Gasteiger partial charge in [-0.3, -0.25) is 0 Å². The Balaban J connectivity index is 2.05. The summed E-state index contributed by atoms with van der Waals surface area (Å²) < 4.78 is 66.4. The van der Waals surface area contributed by atoms with Crippen LogP contribution in [0.3, 0.4) is 0 Å². The van der Waals surface area contributed by atoms with E-state index >= 15 is 0 Å². The van der Waals surface area contributed by atoms with Crippen LogP contribution in [0.1, 0.15) is 0 Å². The normalized spacial score (nSPS) is 11.0. The summed E-state index contributed by atoms with van der Waals surface area (Å²) in [5.41, 5.74) is -0.439. The van der Waals surface area contributed by atoms with Crippen molar-refractivity contribution in [3.05, 3.63) is 54.1 Å². The minimum Gasteiger partial charge on any atom is -0.406 e. The van der Waals surface area contributed by atoms with Gasteiger partial charge in [-0.1, -0.05) is 6.07 Å². The van der Waals surface area contributed by atoms with Crippen molar-refractivity contribution in [3.8, 4) is 5.75 Å². The summed E-state index contributed by atoms with van der Waals surface area (Å²) in [6.07, 6.45) is -4.87. The third-order valence-electron chi connectivity index (χ3n) is 2.50. The summed E-state index contributed by atoms with van der Waals surface area (Å²) >= 11 is 0. The van der Waals surface area contributed by atoms with Crippen LogP contribution in [0.2, 0.25) is 0 Å². The largest absolute Gasteiger partial charge is 0.573 e. The first kappa shape index (κ1) is 16.5. The molecule has 2 N–H and O–H groups in total. The maximum Gasteiger partial charge on any atom is 0.573 e. The molecule has 23 heavy (non-hydrogen) atoms. The van der Waals surface area contributed by atoms with E-state index in [4.69, 9.17) is 0 Å². The lowest BCUT2D eigenvalue weighted by molar-refractivity contribution is -0.274. The Labute approximate surface area is 126 Å². The molecule has 2 aromatic carbocycles. The van der Waals surface area contributed by atoms with E-state index in [0.717, 1.165) is 30.3 Å². The number of anilines is 2. The number of halogens is 5. The summed E-state index contributed by atoms with van der Waals surface area (Å²) in [5.74, 6) is -2.16. The van der Waals surface area contributed by atoms with Gasteiger partial charge < -0.3 is 15.4 Å². The number of hydrogen-bond donors (Lipinski definition) is 2. The van der Waals surface area contributed by atoms with E-state index in [1.54, 1.807) is 0 Å². The highest BCUT2D eigenvalue weighted by Gasteiger charge is 2.31. The molecule has 0 heterocycles. The lowest BCUT2D eigenvalue weighted by Crippen LogP contribution is -2.20. The molecule has 0 unspecified atom stereocenters. The van der Waals surface area contributed by atoms with E-state index in [9.17, 15) is 26.7 Å². The number of hydrogen-bond acceptors (Lipinski definition) is 2. The molecule has 4 nitrogen and oxygen atoms in total. The molecule has 0 aliphatic heterocycles. The van der Waals surface area contributed by atoms with Crippen molar-refractivity contribution in [1.82, 2.24) is 0 Å². The van der Waals surface area contributed by atoms with E-state index in [1.807, 2.05) is 5.32 Å². The van der Waals surface area contributed by atoms with Crippen LogP contribution >= 0.6 is 0 Å². The van der Waals surface area contributed by atoms with E-state index in [2.05, 4.69) is 10.1 Å². The topological polar surface area (TPSA) is 50.4 Å². The first-order valence-electron chi connectivity index (χ1n) is 6.12. The molecular formula is C14H9F5N2O2. The van der Waals surface area contributed by atoms with Gasteiger partial charge in [-0.05, 0) is 24.3 Å². The van der Waals surface area contributed by atoms with Crippen LogP contribution in [-0.2, 0) is 0 Å². The highest BCUT2D eigenvalue weighted by molar-refractivity contribution is 5.99. The van der Waals surface area contributed by atoms with Gasteiger partial charge in [0.25, 0.3) is 0 Å². The van der Waals surface area contributed by atoms with Gasteiger partial charge >= 0.3 is 12.4 Å². The minimum atomic E-state index is -4.87. The molecule has 0 radical (unpaired) electrons. The van der Waals surface area contributed by atoms with Crippen molar-refractivity contribution >= 4 is 17.4 Å². The highest BCUT2D eigenvalue weighted by Crippen LogP contribution is 2.25. The second-order valence-corrected chi connectivity index (χ2v) is 4.28. The Bertz CT molecular complexity index is 719. The standard InChI is InChI=1S/C14H9F5N2O2/c15-8-4-5-11(16)12(6-8)21-13(22)20-9-2-1-3-10(7-9)23-14(17,18)19/h1-7H,(H2,20,21,22). The van der Waals surface area contributed by atoms with Crippen molar-refractivity contribution in [2.45, 2.75) is 6.36 Å². The number of amides is 2. The molecule has 0 bridgehead atoms. The molecule has 2 amide bonds. The summed E-state index contributed by atoms with van der Waals surface area (Å²) in [7, 11) is 0. The minimum absolute atomic E-state index is 0.0268. The first-order valence-corrected chi connectivity index (χ1v) is 6.12. The summed E-state index contributed by atoms with van der Waals surface area (Å²) in [4.78, 5) is 11.7. The Morgan fingerprint density at radius 1 is 1.00 bits per heavy atom. The van der Waals surface area contributed by atoms with E-state index in [-0.39, 0.29) is 5.69 Å². The van der Waals surface area contributed by atoms with Crippen LogP contribution in [0.15, 0.2) is 42.5 Å². The molecule has 0 saturated heterocycles. The molecule has 122 valence electrons. The highest BCUT2D eigenvalue weighted by atomic mass is 19.4. The van der Waals surface area contributed by atoms with Crippen LogP contribution in [-0.4, -0.2) is 12.4 Å². The Kier molecular flexibility index (Phi) is 4.68. The maximum absolute atomic E-state index is 13.4. The fourth-order valence-corrected chi connectivity index (χ4v) is 1.65. The summed E-state index contributed by atoms with van der Waals surface area (Å²) in [6, 6.07) is 5.98. The number of nitrogens with one attached hydrogen (secondary N) is 2. The molecule has 0 saturated carbocycles. The van der Waals surface area contributed by atoms with Gasteiger partial charge in [0.1, 0.15) is 17.4 Å². The van der Waals surface area contributed by atoms with Crippen molar-refractivity contribution < 1.29 is 31.5 Å². The number of carbonyl (C=O) groups is 1. The van der Waals surface area contributed by atoms with Crippen molar-refractivity contribution in [1.29, 1.82) is 0 Å². The molecule has 2 rings (SSSR count). The van der Waals surface area contributed by atoms with E-state index in [1.165, 1.54) is 12.1 Å². The van der Waals surface area contributed by atoms with E-state index in [0.29, 0.717) is 0 Å². The van der Waals surface area contributed by atoms with Crippen LogP contribution in [0.25, 0.3) is 0 Å². The van der Waals surface area contributed by atoms with Gasteiger partial charge in [0.05, 0.1) is 5.69 Å². The van der Waals surface area contributed by atoms with Crippen molar-refractivity contribution in [2.75, 3.05) is 10.6 Å². The first-order chi connectivity index (χ1) is 10.7. The van der Waals surface area contributed by atoms with Gasteiger partial charge in [-0.25, -0.2) is 13.6 Å². The zero-order valence-electron chi connectivity index (χ0n) is 11.2. The van der Waals surface area contributed by atoms with E-state index < -0.39 is 35.5 Å². The Morgan fingerprint density at radius 3 is 2.43 bits per heavy atom. The Morgan fingerprint density at radius 2 is 1.74 bits per heavy atom. The average Bonchev–Trinajstić information content (AvgIpc) is 2.41. The fraction of sp³-hybridized carbons (Fsp3) is 0.0714. The van der Waals surface area contributed by atoms with Gasteiger partial charge in [0.2, 0.25) is 0 Å². The van der Waals surface area contributed by atoms with Gasteiger partial charge in [0, 0.05) is 17.8 Å². The van der Waals surface area contributed by atoms with Crippen LogP contribution in [0, 0.1) is 11.6 Å². The third-order valence-corrected chi connectivity index (χ3v) is 2.50. The Hall–Kier alpha value is -2.84. The van der Waals surface area contributed by atoms with Gasteiger partial charge in [-0.2, -0.15) is 0 Å². The predicted molar refractivity (Wildman–Crippen MR) is 72.1 cm³/mol. The zero-order chi connectivity index (χ0) is 17.0. The third kappa shape index (κ3) is 5.13. The molecule has 0 aliphatic rings. The van der Waals surface area contributed by atoms with Crippen LogP contribution < -0.4 is 15.4 Å². The second kappa shape index (κ2) is 6.51. The molecule has 9 heteroatoms. The number of urea groups is 1. The van der Waals surface area contributed by atoms with Crippen LogP contribution in [0.5, 0.6) is 5.75 Å². The van der Waals surface area contributed by atoms with Crippen molar-refractivity contribution in [3.63, 3.8) is 0 Å². The summed E-state index contributed by atoms with van der Waals surface area (Å²) in [5, 5.41) is 4.22. The number of alkyl halides is 3. The number of ether oxygens (including phenoxy) is 1. The molecule has 0 atom stereocenters. The number of carbonyl (C=O) groups excluding carboxylic acids is 1. The van der Waals surface area contributed by atoms with Gasteiger partial charge in [0.15, 0.2) is 0 Å². The molecule has 0 fully saturated rings. The molecular weight excluding hydrogens is 323 g/mol. The summed E-state index contributed by atoms with van der Waals surface area (Å²) in [6.45, 7) is 0. The van der Waals surface area contributed by atoms with Gasteiger partial charge in [-0.15, -0.1) is 13.2 Å². The average molecular weight is 332 g/mol. The SMILES string of the molecule is O=C(Nc1cccc(OC(F)(F)F)c1)Nc1cc(F)ccc1F. The maximum atomic E-state index is 13.4. The monoisotopic (exact) mass is 332 g/mol. The van der Waals surface area contributed by atoms with Crippen molar-refractivity contribution in [2.24, 2.45) is 0 Å². The fourth-order valence-electron chi connectivity index (χ4n) is 1.65. The number of rotatable bonds is 3. The predicted octanol–water partition coefficient (Wildman–Crippen LogP) is 4.51. The molecule has 0 spiro atoms. The molecule has 0 aromatic heterocycles. The lowest BCUT2D eigenvalue weighted by Gasteiger charge is -2.11. The quantitative estimate of drug-likeness (QED) is 0.813. The number of benzene rings is 2. The van der Waals surface area contributed by atoms with Crippen LogP contribution in [0.4, 0.5) is 38.1 Å². The second-order valence-electron chi connectivity index (χ2n) is 4.28. The molecule has 0 aliphatic carbocycles.